The first-order valence-corrected chi connectivity index (χ1v) is 4.95. The summed E-state index contributed by atoms with van der Waals surface area (Å²) in [4.78, 5) is 0. The molecule has 1 atom stereocenters. The van der Waals surface area contributed by atoms with Gasteiger partial charge in [-0.25, -0.2) is 0 Å². The van der Waals surface area contributed by atoms with Crippen LogP contribution in [0, 0.1) is 0 Å². The van der Waals surface area contributed by atoms with Crippen molar-refractivity contribution in [2.24, 2.45) is 5.73 Å². The highest BCUT2D eigenvalue weighted by Crippen LogP contribution is 2.18. The lowest BCUT2D eigenvalue weighted by Crippen LogP contribution is -2.50. The lowest BCUT2D eigenvalue weighted by molar-refractivity contribution is 0.102. The average molecular weight is 170 g/mol. The largest absolute Gasteiger partial charge is 0.377 e. The van der Waals surface area contributed by atoms with Gasteiger partial charge >= 0.3 is 0 Å². The Morgan fingerprint density at radius 1 is 1.42 bits per heavy atom. The van der Waals surface area contributed by atoms with Gasteiger partial charge in [0.2, 0.25) is 0 Å². The topological polar surface area (TPSA) is 47.3 Å². The molecule has 3 N–H and O–H groups in total. The van der Waals surface area contributed by atoms with Crippen LogP contribution in [-0.2, 0) is 4.74 Å². The maximum atomic E-state index is 5.68. The predicted molar refractivity (Wildman–Crippen MR) is 48.0 cm³/mol. The zero-order valence-electron chi connectivity index (χ0n) is 7.46. The lowest BCUT2D eigenvalue weighted by atomic mass is 9.87. The van der Waals surface area contributed by atoms with Crippen LogP contribution in [0.4, 0.5) is 0 Å². The van der Waals surface area contributed by atoms with Crippen LogP contribution in [-0.4, -0.2) is 31.3 Å². The number of rotatable bonds is 3. The summed E-state index contributed by atoms with van der Waals surface area (Å²) in [7, 11) is 0. The molecule has 1 saturated heterocycles. The first-order valence-electron chi connectivity index (χ1n) is 4.95. The molecule has 3 nitrogen and oxygen atoms in total. The monoisotopic (exact) mass is 170 g/mol. The van der Waals surface area contributed by atoms with E-state index in [0.29, 0.717) is 18.2 Å². The summed E-state index contributed by atoms with van der Waals surface area (Å²) in [5, 5.41) is 3.49. The highest BCUT2D eigenvalue weighted by Gasteiger charge is 2.26. The zero-order valence-corrected chi connectivity index (χ0v) is 7.46. The summed E-state index contributed by atoms with van der Waals surface area (Å²) in [6.07, 6.45) is 5.23. The van der Waals surface area contributed by atoms with Crippen molar-refractivity contribution in [1.82, 2.24) is 5.32 Å². The van der Waals surface area contributed by atoms with Gasteiger partial charge in [-0.15, -0.1) is 0 Å². The summed E-state index contributed by atoms with van der Waals surface area (Å²) < 4.78 is 5.51. The number of hydrogen-bond acceptors (Lipinski definition) is 3. The molecule has 1 aliphatic carbocycles. The Kier molecular flexibility index (Phi) is 2.63. The second kappa shape index (κ2) is 3.73. The Morgan fingerprint density at radius 2 is 2.25 bits per heavy atom. The fourth-order valence-electron chi connectivity index (χ4n) is 1.93. The summed E-state index contributed by atoms with van der Waals surface area (Å²) in [6.45, 7) is 1.98. The van der Waals surface area contributed by atoms with Crippen molar-refractivity contribution in [3.63, 3.8) is 0 Å². The van der Waals surface area contributed by atoms with Crippen molar-refractivity contribution < 1.29 is 4.74 Å². The van der Waals surface area contributed by atoms with E-state index in [-0.39, 0.29) is 0 Å². The number of ether oxygens (including phenoxy) is 1. The summed E-state index contributed by atoms with van der Waals surface area (Å²) in [5.41, 5.74) is 5.68. The SMILES string of the molecule is NC1CC(NCC2CCCO2)C1. The van der Waals surface area contributed by atoms with E-state index in [4.69, 9.17) is 10.5 Å². The molecule has 0 radical (unpaired) electrons. The molecule has 3 heteroatoms. The Hall–Kier alpha value is -0.120. The third kappa shape index (κ3) is 1.97. The van der Waals surface area contributed by atoms with Gasteiger partial charge in [0.1, 0.15) is 0 Å². The third-order valence-corrected chi connectivity index (χ3v) is 2.83. The molecule has 2 rings (SSSR count). The number of hydrogen-bond donors (Lipinski definition) is 2. The van der Waals surface area contributed by atoms with Gasteiger partial charge in [0.05, 0.1) is 6.10 Å². The molecule has 1 unspecified atom stereocenters. The van der Waals surface area contributed by atoms with Crippen LogP contribution in [0.15, 0.2) is 0 Å². The molecule has 0 aromatic carbocycles. The van der Waals surface area contributed by atoms with E-state index < -0.39 is 0 Å². The minimum absolute atomic E-state index is 0.451. The van der Waals surface area contributed by atoms with Crippen molar-refractivity contribution >= 4 is 0 Å². The molecule has 70 valence electrons. The Balaban J connectivity index is 1.56. The van der Waals surface area contributed by atoms with Gasteiger partial charge in [-0.3, -0.25) is 0 Å². The molecule has 12 heavy (non-hydrogen) atoms. The Labute approximate surface area is 73.7 Å². The lowest BCUT2D eigenvalue weighted by Gasteiger charge is -2.33. The average Bonchev–Trinajstić information content (AvgIpc) is 2.47. The van der Waals surface area contributed by atoms with Gasteiger partial charge in [0.15, 0.2) is 0 Å². The maximum Gasteiger partial charge on any atom is 0.0700 e. The predicted octanol–water partition coefficient (Wildman–Crippen LogP) is 0.245. The van der Waals surface area contributed by atoms with Gasteiger partial charge in [-0.2, -0.15) is 0 Å². The molecule has 0 aromatic rings. The second-order valence-electron chi connectivity index (χ2n) is 3.97. The van der Waals surface area contributed by atoms with E-state index in [1.807, 2.05) is 0 Å². The highest BCUT2D eigenvalue weighted by molar-refractivity contribution is 4.88. The quantitative estimate of drug-likeness (QED) is 0.638. The normalized spacial score (nSPS) is 41.2. The van der Waals surface area contributed by atoms with E-state index in [1.54, 1.807) is 0 Å². The fraction of sp³-hybridized carbons (Fsp3) is 1.00. The van der Waals surface area contributed by atoms with E-state index in [0.717, 1.165) is 26.0 Å². The first kappa shape index (κ1) is 8.48. The molecular weight excluding hydrogens is 152 g/mol. The molecule has 1 saturated carbocycles. The van der Waals surface area contributed by atoms with Crippen LogP contribution in [0.3, 0.4) is 0 Å². The molecular formula is C9H18N2O. The molecule has 0 amide bonds. The molecule has 0 spiro atoms. The Morgan fingerprint density at radius 3 is 2.83 bits per heavy atom. The van der Waals surface area contributed by atoms with Crippen molar-refractivity contribution in [3.8, 4) is 0 Å². The van der Waals surface area contributed by atoms with Crippen molar-refractivity contribution in [3.05, 3.63) is 0 Å². The molecule has 1 aliphatic heterocycles. The minimum atomic E-state index is 0.451. The van der Waals surface area contributed by atoms with E-state index in [2.05, 4.69) is 5.32 Å². The van der Waals surface area contributed by atoms with Crippen LogP contribution in [0.2, 0.25) is 0 Å². The van der Waals surface area contributed by atoms with Crippen LogP contribution in [0.25, 0.3) is 0 Å². The molecule has 1 heterocycles. The molecule has 0 aromatic heterocycles. The second-order valence-corrected chi connectivity index (χ2v) is 3.97. The van der Waals surface area contributed by atoms with Gasteiger partial charge in [-0.1, -0.05) is 0 Å². The van der Waals surface area contributed by atoms with Gasteiger partial charge in [0.25, 0.3) is 0 Å². The fourth-order valence-corrected chi connectivity index (χ4v) is 1.93. The van der Waals surface area contributed by atoms with Gasteiger partial charge in [0, 0.05) is 25.2 Å². The third-order valence-electron chi connectivity index (χ3n) is 2.83. The summed E-state index contributed by atoms with van der Waals surface area (Å²) >= 11 is 0. The minimum Gasteiger partial charge on any atom is -0.377 e. The number of nitrogens with two attached hydrogens (primary N) is 1. The Bertz CT molecular complexity index is 139. The highest BCUT2D eigenvalue weighted by atomic mass is 16.5. The van der Waals surface area contributed by atoms with E-state index >= 15 is 0 Å². The van der Waals surface area contributed by atoms with Gasteiger partial charge < -0.3 is 15.8 Å². The first-order chi connectivity index (χ1) is 5.84. The molecule has 2 fully saturated rings. The van der Waals surface area contributed by atoms with Crippen LogP contribution in [0.1, 0.15) is 25.7 Å². The van der Waals surface area contributed by atoms with E-state index in [1.165, 1.54) is 12.8 Å². The van der Waals surface area contributed by atoms with Crippen molar-refractivity contribution in [1.29, 1.82) is 0 Å². The summed E-state index contributed by atoms with van der Waals surface area (Å²) in [5.74, 6) is 0. The molecule has 2 aliphatic rings. The van der Waals surface area contributed by atoms with Crippen LogP contribution >= 0.6 is 0 Å². The standard InChI is InChI=1S/C9H18N2O/c10-7-4-8(5-7)11-6-9-2-1-3-12-9/h7-9,11H,1-6,10H2. The zero-order chi connectivity index (χ0) is 8.39. The van der Waals surface area contributed by atoms with Crippen LogP contribution in [0.5, 0.6) is 0 Å². The number of nitrogens with one attached hydrogen (secondary N) is 1. The van der Waals surface area contributed by atoms with Crippen molar-refractivity contribution in [2.45, 2.75) is 43.9 Å². The molecule has 0 bridgehead atoms. The van der Waals surface area contributed by atoms with Gasteiger partial charge in [-0.05, 0) is 25.7 Å². The van der Waals surface area contributed by atoms with Crippen molar-refractivity contribution in [2.75, 3.05) is 13.2 Å². The van der Waals surface area contributed by atoms with E-state index in [9.17, 15) is 0 Å². The van der Waals surface area contributed by atoms with Crippen LogP contribution < -0.4 is 11.1 Å². The smallest absolute Gasteiger partial charge is 0.0700 e. The maximum absolute atomic E-state index is 5.68. The summed E-state index contributed by atoms with van der Waals surface area (Å²) in [6, 6.07) is 1.12.